The third kappa shape index (κ3) is 4.46. The quantitative estimate of drug-likeness (QED) is 0.905. The van der Waals surface area contributed by atoms with Crippen LogP contribution in [0.2, 0.25) is 0 Å². The van der Waals surface area contributed by atoms with Gasteiger partial charge in [-0.3, -0.25) is 0 Å². The largest absolute Gasteiger partial charge is 0.372 e. The highest BCUT2D eigenvalue weighted by atomic mass is 15.1. The standard InChI is InChI=1S/C19H24N6/c1-24(2)14-15-7-11-25(12-8-15)17-5-3-16(4-6-17)23-19-18(13-20)21-9-10-22-19/h3-6,9-10,15H,7-8,11-12,14H2,1-2H3,(H,22,23). The zero-order chi connectivity index (χ0) is 17.6. The predicted molar refractivity (Wildman–Crippen MR) is 100.0 cm³/mol. The van der Waals surface area contributed by atoms with E-state index in [1.165, 1.54) is 31.3 Å². The molecule has 0 radical (unpaired) electrons. The molecule has 0 aliphatic carbocycles. The first-order chi connectivity index (χ1) is 12.2. The number of hydrogen-bond acceptors (Lipinski definition) is 6. The van der Waals surface area contributed by atoms with E-state index < -0.39 is 0 Å². The van der Waals surface area contributed by atoms with Gasteiger partial charge in [0.1, 0.15) is 6.07 Å². The second kappa shape index (κ2) is 7.95. The van der Waals surface area contributed by atoms with Crippen molar-refractivity contribution in [3.63, 3.8) is 0 Å². The molecule has 25 heavy (non-hydrogen) atoms. The number of anilines is 3. The molecule has 130 valence electrons. The first-order valence-corrected chi connectivity index (χ1v) is 8.63. The highest BCUT2D eigenvalue weighted by Crippen LogP contribution is 2.26. The summed E-state index contributed by atoms with van der Waals surface area (Å²) in [6, 6.07) is 10.3. The molecule has 1 N–H and O–H groups in total. The lowest BCUT2D eigenvalue weighted by molar-refractivity contribution is 0.285. The molecule has 1 aromatic heterocycles. The van der Waals surface area contributed by atoms with E-state index >= 15 is 0 Å². The highest BCUT2D eigenvalue weighted by Gasteiger charge is 2.19. The first kappa shape index (κ1) is 17.2. The Hall–Kier alpha value is -2.65. The molecular formula is C19H24N6. The van der Waals surface area contributed by atoms with Gasteiger partial charge in [-0.15, -0.1) is 0 Å². The van der Waals surface area contributed by atoms with E-state index in [-0.39, 0.29) is 0 Å². The average molecular weight is 336 g/mol. The Balaban J connectivity index is 1.61. The molecule has 0 amide bonds. The molecule has 1 fully saturated rings. The minimum atomic E-state index is 0.301. The number of rotatable bonds is 5. The zero-order valence-corrected chi connectivity index (χ0v) is 14.8. The normalized spacial score (nSPS) is 15.2. The number of hydrogen-bond donors (Lipinski definition) is 1. The zero-order valence-electron chi connectivity index (χ0n) is 14.8. The lowest BCUT2D eigenvalue weighted by Gasteiger charge is -2.34. The molecule has 0 atom stereocenters. The molecule has 1 aromatic carbocycles. The summed E-state index contributed by atoms with van der Waals surface area (Å²) in [6.07, 6.45) is 5.58. The maximum atomic E-state index is 9.08. The van der Waals surface area contributed by atoms with E-state index in [0.717, 1.165) is 24.7 Å². The van der Waals surface area contributed by atoms with Gasteiger partial charge in [-0.25, -0.2) is 9.97 Å². The molecule has 1 aliphatic rings. The summed E-state index contributed by atoms with van der Waals surface area (Å²) in [5.41, 5.74) is 2.45. The number of nitriles is 1. The topological polar surface area (TPSA) is 68.1 Å². The van der Waals surface area contributed by atoms with Gasteiger partial charge < -0.3 is 15.1 Å². The summed E-state index contributed by atoms with van der Waals surface area (Å²) in [4.78, 5) is 12.9. The number of nitrogens with zero attached hydrogens (tertiary/aromatic N) is 5. The molecule has 0 saturated carbocycles. The van der Waals surface area contributed by atoms with Gasteiger partial charge in [0.05, 0.1) is 0 Å². The fourth-order valence-electron chi connectivity index (χ4n) is 3.29. The van der Waals surface area contributed by atoms with Crippen LogP contribution in [-0.2, 0) is 0 Å². The van der Waals surface area contributed by atoms with E-state index in [4.69, 9.17) is 5.26 Å². The van der Waals surface area contributed by atoms with Gasteiger partial charge >= 0.3 is 0 Å². The van der Waals surface area contributed by atoms with Crippen LogP contribution in [-0.4, -0.2) is 48.6 Å². The fraction of sp³-hybridized carbons (Fsp3) is 0.421. The van der Waals surface area contributed by atoms with Crippen molar-refractivity contribution in [3.8, 4) is 6.07 Å². The smallest absolute Gasteiger partial charge is 0.183 e. The minimum Gasteiger partial charge on any atom is -0.372 e. The monoisotopic (exact) mass is 336 g/mol. The molecule has 1 saturated heterocycles. The van der Waals surface area contributed by atoms with E-state index in [1.807, 2.05) is 18.2 Å². The second-order valence-corrected chi connectivity index (χ2v) is 6.73. The lowest BCUT2D eigenvalue weighted by Crippen LogP contribution is -2.37. The highest BCUT2D eigenvalue weighted by molar-refractivity contribution is 5.63. The number of aromatic nitrogens is 2. The van der Waals surface area contributed by atoms with Gasteiger partial charge in [0.25, 0.3) is 0 Å². The molecule has 6 heteroatoms. The van der Waals surface area contributed by atoms with Gasteiger partial charge in [-0.2, -0.15) is 5.26 Å². The van der Waals surface area contributed by atoms with E-state index in [9.17, 15) is 0 Å². The van der Waals surface area contributed by atoms with Gasteiger partial charge in [-0.1, -0.05) is 0 Å². The van der Waals surface area contributed by atoms with Crippen LogP contribution < -0.4 is 10.2 Å². The molecule has 2 aromatic rings. The molecule has 2 heterocycles. The predicted octanol–water partition coefficient (Wildman–Crippen LogP) is 2.87. The summed E-state index contributed by atoms with van der Waals surface area (Å²) >= 11 is 0. The summed E-state index contributed by atoms with van der Waals surface area (Å²) < 4.78 is 0. The third-order valence-electron chi connectivity index (χ3n) is 4.54. The number of piperidine rings is 1. The van der Waals surface area contributed by atoms with E-state index in [1.54, 1.807) is 6.20 Å². The van der Waals surface area contributed by atoms with Crippen molar-refractivity contribution in [1.29, 1.82) is 5.26 Å². The first-order valence-electron chi connectivity index (χ1n) is 8.63. The van der Waals surface area contributed by atoms with Crippen LogP contribution in [0.3, 0.4) is 0 Å². The summed E-state index contributed by atoms with van der Waals surface area (Å²) in [5, 5.41) is 12.2. The Morgan fingerprint density at radius 2 is 1.84 bits per heavy atom. The maximum Gasteiger partial charge on any atom is 0.183 e. The van der Waals surface area contributed by atoms with Crippen molar-refractivity contribution < 1.29 is 0 Å². The Bertz CT molecular complexity index is 726. The Morgan fingerprint density at radius 1 is 1.16 bits per heavy atom. The van der Waals surface area contributed by atoms with Crippen molar-refractivity contribution >= 4 is 17.2 Å². The molecular weight excluding hydrogens is 312 g/mol. The van der Waals surface area contributed by atoms with E-state index in [0.29, 0.717) is 11.5 Å². The SMILES string of the molecule is CN(C)CC1CCN(c2ccc(Nc3nccnc3C#N)cc2)CC1. The third-order valence-corrected chi connectivity index (χ3v) is 4.54. The molecule has 6 nitrogen and oxygen atoms in total. The van der Waals surface area contributed by atoms with Gasteiger partial charge in [0.2, 0.25) is 0 Å². The molecule has 0 bridgehead atoms. The fourth-order valence-corrected chi connectivity index (χ4v) is 3.29. The van der Waals surface area contributed by atoms with Crippen LogP contribution in [0.1, 0.15) is 18.5 Å². The number of benzene rings is 1. The van der Waals surface area contributed by atoms with Crippen LogP contribution >= 0.6 is 0 Å². The van der Waals surface area contributed by atoms with Crippen molar-refractivity contribution in [3.05, 3.63) is 42.4 Å². The lowest BCUT2D eigenvalue weighted by atomic mass is 9.96. The van der Waals surface area contributed by atoms with Crippen molar-refractivity contribution in [1.82, 2.24) is 14.9 Å². The summed E-state index contributed by atoms with van der Waals surface area (Å²) in [7, 11) is 4.29. The molecule has 0 spiro atoms. The average Bonchev–Trinajstić information content (AvgIpc) is 2.63. The molecule has 3 rings (SSSR count). The van der Waals surface area contributed by atoms with Gasteiger partial charge in [0.15, 0.2) is 11.5 Å². The van der Waals surface area contributed by atoms with Crippen LogP contribution in [0.5, 0.6) is 0 Å². The molecule has 1 aliphatic heterocycles. The summed E-state index contributed by atoms with van der Waals surface area (Å²) in [6.45, 7) is 3.39. The van der Waals surface area contributed by atoms with E-state index in [2.05, 4.69) is 51.3 Å². The van der Waals surface area contributed by atoms with Gasteiger partial charge in [0, 0.05) is 43.4 Å². The van der Waals surface area contributed by atoms with Crippen LogP contribution in [0.25, 0.3) is 0 Å². The number of nitrogens with one attached hydrogen (secondary N) is 1. The Kier molecular flexibility index (Phi) is 5.46. The minimum absolute atomic E-state index is 0.301. The maximum absolute atomic E-state index is 9.08. The molecule has 0 unspecified atom stereocenters. The van der Waals surface area contributed by atoms with Crippen molar-refractivity contribution in [2.75, 3.05) is 43.9 Å². The Labute approximate surface area is 149 Å². The second-order valence-electron chi connectivity index (χ2n) is 6.73. The van der Waals surface area contributed by atoms with Crippen LogP contribution in [0.15, 0.2) is 36.7 Å². The Morgan fingerprint density at radius 3 is 2.48 bits per heavy atom. The van der Waals surface area contributed by atoms with Crippen molar-refractivity contribution in [2.24, 2.45) is 5.92 Å². The van der Waals surface area contributed by atoms with Crippen LogP contribution in [0.4, 0.5) is 17.2 Å². The van der Waals surface area contributed by atoms with Gasteiger partial charge in [-0.05, 0) is 57.1 Å². The van der Waals surface area contributed by atoms with Crippen molar-refractivity contribution in [2.45, 2.75) is 12.8 Å². The van der Waals surface area contributed by atoms with Crippen LogP contribution in [0, 0.1) is 17.2 Å². The summed E-state index contributed by atoms with van der Waals surface area (Å²) in [5.74, 6) is 1.29.